The van der Waals surface area contributed by atoms with Crippen LogP contribution in [-0.4, -0.2) is 14.8 Å². The molecule has 0 spiro atoms. The molecule has 0 aliphatic carbocycles. The quantitative estimate of drug-likeness (QED) is 0.770. The minimum absolute atomic E-state index is 0.257. The number of nitrogens with zero attached hydrogens (tertiary/aromatic N) is 3. The van der Waals surface area contributed by atoms with Gasteiger partial charge in [0.05, 0.1) is 22.5 Å². The van der Waals surface area contributed by atoms with Crippen LogP contribution >= 0.6 is 11.3 Å². The summed E-state index contributed by atoms with van der Waals surface area (Å²) in [4.78, 5) is 4.43. The first-order valence-corrected chi connectivity index (χ1v) is 6.25. The summed E-state index contributed by atoms with van der Waals surface area (Å²) >= 11 is 1.41. The zero-order valence-electron chi connectivity index (χ0n) is 9.67. The second-order valence-corrected chi connectivity index (χ2v) is 5.15. The molecule has 6 heteroatoms. The van der Waals surface area contributed by atoms with Crippen molar-refractivity contribution in [1.82, 2.24) is 14.8 Å². The van der Waals surface area contributed by atoms with E-state index in [4.69, 9.17) is 5.73 Å². The van der Waals surface area contributed by atoms with Crippen molar-refractivity contribution < 1.29 is 4.39 Å². The molecule has 1 aromatic carbocycles. The molecular weight excluding hydrogens is 251 g/mol. The molecule has 0 aliphatic rings. The van der Waals surface area contributed by atoms with Gasteiger partial charge in [-0.3, -0.25) is 4.68 Å². The van der Waals surface area contributed by atoms with Crippen molar-refractivity contribution in [2.24, 2.45) is 12.8 Å². The van der Waals surface area contributed by atoms with E-state index in [1.807, 2.05) is 13.2 Å². The van der Waals surface area contributed by atoms with Gasteiger partial charge in [-0.1, -0.05) is 0 Å². The number of halogens is 1. The minimum atomic E-state index is -0.320. The fourth-order valence-corrected chi connectivity index (χ4v) is 2.81. The van der Waals surface area contributed by atoms with Gasteiger partial charge >= 0.3 is 0 Å². The van der Waals surface area contributed by atoms with Crippen molar-refractivity contribution >= 4 is 21.6 Å². The maximum Gasteiger partial charge on any atom is 0.124 e. The molecule has 0 radical (unpaired) electrons. The third kappa shape index (κ3) is 1.89. The van der Waals surface area contributed by atoms with Crippen LogP contribution in [0.1, 0.15) is 16.6 Å². The molecule has 0 fully saturated rings. The summed E-state index contributed by atoms with van der Waals surface area (Å²) in [6.07, 6.45) is 3.58. The second-order valence-electron chi connectivity index (χ2n) is 4.09. The predicted molar refractivity (Wildman–Crippen MR) is 68.8 cm³/mol. The van der Waals surface area contributed by atoms with E-state index in [9.17, 15) is 4.39 Å². The molecule has 0 saturated heterocycles. The first-order chi connectivity index (χ1) is 8.63. The van der Waals surface area contributed by atoms with Gasteiger partial charge in [-0.15, -0.1) is 11.3 Å². The summed E-state index contributed by atoms with van der Waals surface area (Å²) < 4.78 is 15.6. The molecule has 92 valence electrons. The molecule has 2 aromatic heterocycles. The highest BCUT2D eigenvalue weighted by Crippen LogP contribution is 2.28. The van der Waals surface area contributed by atoms with E-state index in [0.717, 1.165) is 20.8 Å². The average Bonchev–Trinajstić information content (AvgIpc) is 2.93. The van der Waals surface area contributed by atoms with Crippen LogP contribution in [0.15, 0.2) is 30.6 Å². The average molecular weight is 262 g/mol. The van der Waals surface area contributed by atoms with Gasteiger partial charge in [0.1, 0.15) is 10.8 Å². The maximum atomic E-state index is 13.1. The van der Waals surface area contributed by atoms with Crippen LogP contribution < -0.4 is 5.73 Å². The Bertz CT molecular complexity index is 703. The van der Waals surface area contributed by atoms with Gasteiger partial charge in [-0.25, -0.2) is 9.37 Å². The van der Waals surface area contributed by atoms with Gasteiger partial charge in [0.15, 0.2) is 0 Å². The number of nitrogens with two attached hydrogens (primary N) is 1. The van der Waals surface area contributed by atoms with Crippen molar-refractivity contribution in [1.29, 1.82) is 0 Å². The van der Waals surface area contributed by atoms with E-state index < -0.39 is 0 Å². The molecule has 0 amide bonds. The lowest BCUT2D eigenvalue weighted by Gasteiger charge is -2.03. The Morgan fingerprint density at radius 2 is 2.28 bits per heavy atom. The fraction of sp³-hybridized carbons (Fsp3) is 0.167. The summed E-state index contributed by atoms with van der Waals surface area (Å²) in [6.45, 7) is 0. The predicted octanol–water partition coefficient (Wildman–Crippen LogP) is 2.22. The van der Waals surface area contributed by atoms with Crippen LogP contribution in [0.3, 0.4) is 0 Å². The van der Waals surface area contributed by atoms with Crippen LogP contribution in [0.2, 0.25) is 0 Å². The van der Waals surface area contributed by atoms with Gasteiger partial charge in [0.2, 0.25) is 0 Å². The van der Waals surface area contributed by atoms with Crippen LogP contribution in [-0.2, 0) is 7.05 Å². The molecule has 4 nitrogen and oxygen atoms in total. The van der Waals surface area contributed by atoms with Crippen molar-refractivity contribution in [2.75, 3.05) is 0 Å². The van der Waals surface area contributed by atoms with Crippen LogP contribution in [0.25, 0.3) is 10.2 Å². The number of rotatable bonds is 2. The molecule has 0 saturated carbocycles. The molecule has 18 heavy (non-hydrogen) atoms. The summed E-state index contributed by atoms with van der Waals surface area (Å²) in [6, 6.07) is 4.23. The highest BCUT2D eigenvalue weighted by molar-refractivity contribution is 7.18. The van der Waals surface area contributed by atoms with Gasteiger partial charge in [0, 0.05) is 18.8 Å². The Morgan fingerprint density at radius 3 is 3.00 bits per heavy atom. The highest BCUT2D eigenvalue weighted by atomic mass is 32.1. The number of fused-ring (bicyclic) bond motifs is 1. The van der Waals surface area contributed by atoms with Gasteiger partial charge in [-0.2, -0.15) is 5.10 Å². The Balaban J connectivity index is 2.03. The molecule has 1 unspecified atom stereocenters. The first kappa shape index (κ1) is 11.3. The molecular formula is C12H11FN4S. The normalized spacial score (nSPS) is 13.1. The Hall–Kier alpha value is -1.79. The smallest absolute Gasteiger partial charge is 0.124 e. The second kappa shape index (κ2) is 4.15. The number of hydrogen-bond acceptors (Lipinski definition) is 4. The summed E-state index contributed by atoms with van der Waals surface area (Å²) in [5.74, 6) is -0.257. The number of hydrogen-bond donors (Lipinski definition) is 1. The van der Waals surface area contributed by atoms with Crippen molar-refractivity contribution in [2.45, 2.75) is 6.04 Å². The van der Waals surface area contributed by atoms with E-state index in [2.05, 4.69) is 10.1 Å². The van der Waals surface area contributed by atoms with Crippen molar-refractivity contribution in [3.8, 4) is 0 Å². The Kier molecular flexibility index (Phi) is 2.61. The van der Waals surface area contributed by atoms with Crippen LogP contribution in [0, 0.1) is 5.82 Å². The molecule has 2 N–H and O–H groups in total. The van der Waals surface area contributed by atoms with Crippen molar-refractivity contribution in [3.63, 3.8) is 0 Å². The summed E-state index contributed by atoms with van der Waals surface area (Å²) in [5, 5.41) is 4.85. The SMILES string of the molecule is Cn1cc(C(N)c2nc3ccc(F)cc3s2)cn1. The summed E-state index contributed by atoms with van der Waals surface area (Å²) in [7, 11) is 1.84. The van der Waals surface area contributed by atoms with E-state index in [0.29, 0.717) is 0 Å². The molecule has 0 aliphatic heterocycles. The van der Waals surface area contributed by atoms with Crippen molar-refractivity contribution in [3.05, 3.63) is 47.0 Å². The lowest BCUT2D eigenvalue weighted by molar-refractivity contribution is 0.630. The van der Waals surface area contributed by atoms with Gasteiger partial charge in [0.25, 0.3) is 0 Å². The zero-order valence-corrected chi connectivity index (χ0v) is 10.5. The number of benzene rings is 1. The fourth-order valence-electron chi connectivity index (χ4n) is 1.79. The summed E-state index contributed by atoms with van der Waals surface area (Å²) in [5.41, 5.74) is 7.81. The van der Waals surface area contributed by atoms with E-state index in [1.165, 1.54) is 23.5 Å². The maximum absolute atomic E-state index is 13.1. The number of aryl methyl sites for hydroxylation is 1. The standard InChI is InChI=1S/C12H11FN4S/c1-17-6-7(5-15-17)11(14)12-16-9-3-2-8(13)4-10(9)18-12/h2-6,11H,14H2,1H3. The lowest BCUT2D eigenvalue weighted by Crippen LogP contribution is -2.10. The zero-order chi connectivity index (χ0) is 12.7. The van der Waals surface area contributed by atoms with Crippen LogP contribution in [0.5, 0.6) is 0 Å². The third-order valence-electron chi connectivity index (χ3n) is 2.72. The number of aromatic nitrogens is 3. The lowest BCUT2D eigenvalue weighted by atomic mass is 10.2. The van der Waals surface area contributed by atoms with E-state index in [1.54, 1.807) is 16.9 Å². The molecule has 0 bridgehead atoms. The first-order valence-electron chi connectivity index (χ1n) is 5.43. The number of thiazole rings is 1. The third-order valence-corrected chi connectivity index (χ3v) is 3.82. The molecule has 2 heterocycles. The monoisotopic (exact) mass is 262 g/mol. The van der Waals surface area contributed by atoms with Crippen LogP contribution in [0.4, 0.5) is 4.39 Å². The highest BCUT2D eigenvalue weighted by Gasteiger charge is 2.15. The van der Waals surface area contributed by atoms with E-state index in [-0.39, 0.29) is 11.9 Å². The molecule has 1 atom stereocenters. The molecule has 3 rings (SSSR count). The Labute approximate surface area is 107 Å². The molecule has 3 aromatic rings. The largest absolute Gasteiger partial charge is 0.318 e. The van der Waals surface area contributed by atoms with E-state index >= 15 is 0 Å². The Morgan fingerprint density at radius 1 is 1.44 bits per heavy atom. The minimum Gasteiger partial charge on any atom is -0.318 e. The van der Waals surface area contributed by atoms with Gasteiger partial charge in [-0.05, 0) is 18.2 Å². The topological polar surface area (TPSA) is 56.7 Å². The van der Waals surface area contributed by atoms with Gasteiger partial charge < -0.3 is 5.73 Å².